The van der Waals surface area contributed by atoms with Crippen LogP contribution < -0.4 is 11.1 Å². The molecule has 0 radical (unpaired) electrons. The third kappa shape index (κ3) is 6.24. The Kier molecular flexibility index (Phi) is 7.50. The van der Waals surface area contributed by atoms with Crippen molar-refractivity contribution in [2.24, 2.45) is 10.7 Å². The molecule has 0 saturated carbocycles. The van der Waals surface area contributed by atoms with Crippen molar-refractivity contribution in [2.75, 3.05) is 20.1 Å². The summed E-state index contributed by atoms with van der Waals surface area (Å²) in [7, 11) is 2.13. The Morgan fingerprint density at radius 2 is 2.14 bits per heavy atom. The zero-order chi connectivity index (χ0) is 20.5. The van der Waals surface area contributed by atoms with Gasteiger partial charge in [0, 0.05) is 37.9 Å². The molecule has 0 fully saturated rings. The summed E-state index contributed by atoms with van der Waals surface area (Å²) in [6.07, 6.45) is 15.0. The predicted octanol–water partition coefficient (Wildman–Crippen LogP) is 3.11. The number of aromatic amines is 1. The second-order valence-electron chi connectivity index (χ2n) is 7.56. The highest BCUT2D eigenvalue weighted by atomic mass is 15.1. The molecule has 1 aromatic heterocycles. The van der Waals surface area contributed by atoms with E-state index < -0.39 is 0 Å². The van der Waals surface area contributed by atoms with Crippen LogP contribution in [0.3, 0.4) is 0 Å². The van der Waals surface area contributed by atoms with Gasteiger partial charge >= 0.3 is 0 Å². The van der Waals surface area contributed by atoms with Gasteiger partial charge in [-0.15, -0.1) is 0 Å². The Morgan fingerprint density at radius 1 is 1.31 bits per heavy atom. The molecule has 0 bridgehead atoms. The fourth-order valence-corrected chi connectivity index (χ4v) is 3.67. The molecular weight excluding hydrogens is 360 g/mol. The fraction of sp³-hybridized carbons (Fsp3) is 0.391. The maximum atomic E-state index is 6.07. The molecule has 2 aromatic rings. The molecule has 29 heavy (non-hydrogen) atoms. The smallest absolute Gasteiger partial charge is 0.188 e. The average molecular weight is 393 g/mol. The predicted molar refractivity (Wildman–Crippen MR) is 120 cm³/mol. The van der Waals surface area contributed by atoms with Gasteiger partial charge in [0.2, 0.25) is 0 Å². The summed E-state index contributed by atoms with van der Waals surface area (Å²) in [5, 5.41) is 3.29. The van der Waals surface area contributed by atoms with Crippen molar-refractivity contribution in [3.63, 3.8) is 0 Å². The summed E-state index contributed by atoms with van der Waals surface area (Å²) < 4.78 is 0. The number of likely N-dealkylation sites (N-methyl/N-ethyl adjacent to an activating group) is 1. The molecule has 0 spiro atoms. The number of nitrogens with zero attached hydrogens (tertiary/aromatic N) is 3. The number of nitrogens with one attached hydrogen (secondary N) is 2. The molecule has 4 N–H and O–H groups in total. The van der Waals surface area contributed by atoms with E-state index in [1.165, 1.54) is 11.1 Å². The van der Waals surface area contributed by atoms with E-state index in [1.807, 2.05) is 6.20 Å². The molecule has 3 rings (SSSR count). The fourth-order valence-electron chi connectivity index (χ4n) is 3.67. The normalized spacial score (nSPS) is 17.5. The number of nitrogens with two attached hydrogens (primary N) is 1. The van der Waals surface area contributed by atoms with Crippen molar-refractivity contribution in [1.82, 2.24) is 20.2 Å². The van der Waals surface area contributed by atoms with E-state index in [9.17, 15) is 0 Å². The lowest BCUT2D eigenvalue weighted by molar-refractivity contribution is 0.320. The molecule has 1 aromatic carbocycles. The molecule has 0 saturated heterocycles. The molecule has 2 heterocycles. The van der Waals surface area contributed by atoms with E-state index in [2.05, 4.69) is 87.8 Å². The maximum absolute atomic E-state index is 6.07. The number of guanidine groups is 1. The second-order valence-corrected chi connectivity index (χ2v) is 7.56. The minimum absolute atomic E-state index is 0.331. The monoisotopic (exact) mass is 392 g/mol. The summed E-state index contributed by atoms with van der Waals surface area (Å²) in [5.41, 5.74) is 9.83. The van der Waals surface area contributed by atoms with E-state index >= 15 is 0 Å². The maximum Gasteiger partial charge on any atom is 0.188 e. The van der Waals surface area contributed by atoms with Gasteiger partial charge in [-0.3, -0.25) is 4.99 Å². The van der Waals surface area contributed by atoms with Gasteiger partial charge in [-0.05, 0) is 44.0 Å². The van der Waals surface area contributed by atoms with Gasteiger partial charge in [0.25, 0.3) is 0 Å². The Labute approximate surface area is 173 Å². The van der Waals surface area contributed by atoms with Crippen molar-refractivity contribution in [1.29, 1.82) is 0 Å². The summed E-state index contributed by atoms with van der Waals surface area (Å²) in [5.74, 6) is 0.896. The standard InChI is InChI=1S/C23H32N6/c1-18-8-10-19(11-9-18)21(22-7-3-4-15-29(22)2)12-14-27-23(24)26-13-5-6-20-16-25-17-28-20/h3-4,7-11,15-17,21-22H,5-6,12-14H2,1-2H3,(H,25,28)(H3,24,26,27). The molecule has 6 nitrogen and oxygen atoms in total. The number of imidazole rings is 1. The van der Waals surface area contributed by atoms with Crippen LogP contribution in [-0.4, -0.2) is 47.0 Å². The van der Waals surface area contributed by atoms with Crippen LogP contribution in [0.25, 0.3) is 0 Å². The number of aromatic nitrogens is 2. The number of rotatable bonds is 9. The first kappa shape index (κ1) is 20.7. The zero-order valence-electron chi connectivity index (χ0n) is 17.4. The third-order valence-electron chi connectivity index (χ3n) is 5.33. The molecule has 0 aliphatic carbocycles. The SMILES string of the molecule is Cc1ccc(C(CCNC(N)=NCCCc2cnc[nH]2)C2C=CC=CN2C)cc1. The second kappa shape index (κ2) is 10.5. The van der Waals surface area contributed by atoms with Crippen molar-refractivity contribution >= 4 is 5.96 Å². The van der Waals surface area contributed by atoms with Crippen LogP contribution in [0.5, 0.6) is 0 Å². The first-order chi connectivity index (χ1) is 14.1. The molecule has 6 heteroatoms. The largest absolute Gasteiger partial charge is 0.373 e. The minimum atomic E-state index is 0.331. The van der Waals surface area contributed by atoms with Gasteiger partial charge in [0.1, 0.15) is 0 Å². The summed E-state index contributed by atoms with van der Waals surface area (Å²) in [6, 6.07) is 9.19. The lowest BCUT2D eigenvalue weighted by Gasteiger charge is -2.34. The Morgan fingerprint density at radius 3 is 2.86 bits per heavy atom. The van der Waals surface area contributed by atoms with Gasteiger partial charge in [-0.25, -0.2) is 4.98 Å². The van der Waals surface area contributed by atoms with E-state index in [4.69, 9.17) is 5.73 Å². The van der Waals surface area contributed by atoms with Crippen LogP contribution in [0.1, 0.15) is 35.6 Å². The topological polar surface area (TPSA) is 82.3 Å². The van der Waals surface area contributed by atoms with Crippen molar-refractivity contribution in [3.8, 4) is 0 Å². The van der Waals surface area contributed by atoms with Gasteiger partial charge in [0.15, 0.2) is 5.96 Å². The number of aryl methyl sites for hydroxylation is 2. The number of benzene rings is 1. The van der Waals surface area contributed by atoms with Gasteiger partial charge < -0.3 is 20.9 Å². The molecule has 2 atom stereocenters. The van der Waals surface area contributed by atoms with Crippen LogP contribution in [0.2, 0.25) is 0 Å². The highest BCUT2D eigenvalue weighted by molar-refractivity contribution is 5.77. The zero-order valence-corrected chi connectivity index (χ0v) is 17.4. The highest BCUT2D eigenvalue weighted by Gasteiger charge is 2.24. The van der Waals surface area contributed by atoms with E-state index in [1.54, 1.807) is 6.33 Å². The van der Waals surface area contributed by atoms with Crippen LogP contribution >= 0.6 is 0 Å². The summed E-state index contributed by atoms with van der Waals surface area (Å²) in [6.45, 7) is 3.62. The minimum Gasteiger partial charge on any atom is -0.373 e. The Bertz CT molecular complexity index is 820. The van der Waals surface area contributed by atoms with Crippen molar-refractivity contribution < 1.29 is 0 Å². The van der Waals surface area contributed by atoms with E-state index in [0.717, 1.165) is 31.5 Å². The summed E-state index contributed by atoms with van der Waals surface area (Å²) >= 11 is 0. The molecule has 1 aliphatic rings. The van der Waals surface area contributed by atoms with Crippen molar-refractivity contribution in [3.05, 3.63) is 78.0 Å². The molecule has 154 valence electrons. The number of H-pyrrole nitrogens is 1. The summed E-state index contributed by atoms with van der Waals surface area (Å²) in [4.78, 5) is 13.9. The number of aliphatic imine (C=N–C) groups is 1. The quantitative estimate of drug-likeness (QED) is 0.348. The van der Waals surface area contributed by atoms with Crippen LogP contribution in [0.15, 0.2) is 66.2 Å². The molecule has 2 unspecified atom stereocenters. The molecular formula is C23H32N6. The molecule has 0 amide bonds. The van der Waals surface area contributed by atoms with E-state index in [-0.39, 0.29) is 0 Å². The van der Waals surface area contributed by atoms with Gasteiger partial charge in [-0.1, -0.05) is 42.0 Å². The average Bonchev–Trinajstić information content (AvgIpc) is 3.24. The van der Waals surface area contributed by atoms with Crippen LogP contribution in [0, 0.1) is 6.92 Å². The lowest BCUT2D eigenvalue weighted by Crippen LogP contribution is -2.37. The van der Waals surface area contributed by atoms with Crippen molar-refractivity contribution in [2.45, 2.75) is 38.1 Å². The number of hydrogen-bond donors (Lipinski definition) is 3. The first-order valence-electron chi connectivity index (χ1n) is 10.3. The Balaban J connectivity index is 1.52. The van der Waals surface area contributed by atoms with E-state index in [0.29, 0.717) is 24.5 Å². The number of hydrogen-bond acceptors (Lipinski definition) is 3. The Hall–Kier alpha value is -3.02. The number of allylic oxidation sites excluding steroid dienone is 2. The third-order valence-corrected chi connectivity index (χ3v) is 5.33. The lowest BCUT2D eigenvalue weighted by atomic mass is 9.86. The van der Waals surface area contributed by atoms with Crippen LogP contribution in [0.4, 0.5) is 0 Å². The van der Waals surface area contributed by atoms with Gasteiger partial charge in [-0.2, -0.15) is 0 Å². The van der Waals surface area contributed by atoms with Gasteiger partial charge in [0.05, 0.1) is 12.4 Å². The highest BCUT2D eigenvalue weighted by Crippen LogP contribution is 2.29. The molecule has 1 aliphatic heterocycles. The van der Waals surface area contributed by atoms with Crippen LogP contribution in [-0.2, 0) is 6.42 Å². The first-order valence-corrected chi connectivity index (χ1v) is 10.3.